The van der Waals surface area contributed by atoms with Crippen molar-refractivity contribution in [2.45, 2.75) is 12.5 Å². The van der Waals surface area contributed by atoms with Crippen LogP contribution in [0.4, 0.5) is 8.78 Å². The molecule has 0 radical (unpaired) electrons. The Kier molecular flexibility index (Phi) is 4.72. The summed E-state index contributed by atoms with van der Waals surface area (Å²) >= 11 is 0. The normalized spacial score (nSPS) is 20.8. The van der Waals surface area contributed by atoms with Gasteiger partial charge in [-0.3, -0.25) is 0 Å². The number of halogens is 2. The van der Waals surface area contributed by atoms with Crippen molar-refractivity contribution < 1.29 is 22.3 Å². The number of hydrogen-bond donors (Lipinski definition) is 1. The standard InChI is InChI=1S/C13H17F2NO3S/c14-11-7-10(8-12(15)9-11)13(17)1-2-16-3-5-20(18,19)6-4-16/h7-9,13,17H,1-6H2. The molecule has 1 fully saturated rings. The predicted molar refractivity (Wildman–Crippen MR) is 71.0 cm³/mol. The number of rotatable bonds is 4. The van der Waals surface area contributed by atoms with Gasteiger partial charge < -0.3 is 10.0 Å². The van der Waals surface area contributed by atoms with Gasteiger partial charge in [0.1, 0.15) is 11.6 Å². The summed E-state index contributed by atoms with van der Waals surface area (Å²) in [7, 11) is -2.92. The minimum absolute atomic E-state index is 0.123. The highest BCUT2D eigenvalue weighted by Gasteiger charge is 2.22. The van der Waals surface area contributed by atoms with Crippen LogP contribution in [0, 0.1) is 11.6 Å². The molecule has 2 rings (SSSR count). The van der Waals surface area contributed by atoms with E-state index in [1.807, 2.05) is 4.90 Å². The summed E-state index contributed by atoms with van der Waals surface area (Å²) in [6, 6.07) is 2.97. The molecule has 0 bridgehead atoms. The Bertz CT molecular complexity index is 543. The number of sulfone groups is 1. The number of aliphatic hydroxyl groups excluding tert-OH is 1. The summed E-state index contributed by atoms with van der Waals surface area (Å²) in [6.07, 6.45) is -0.651. The predicted octanol–water partition coefficient (Wildman–Crippen LogP) is 1.12. The molecule has 1 aliphatic rings. The molecule has 1 saturated heterocycles. The minimum Gasteiger partial charge on any atom is -0.388 e. The number of aliphatic hydroxyl groups is 1. The van der Waals surface area contributed by atoms with Crippen molar-refractivity contribution in [1.29, 1.82) is 0 Å². The van der Waals surface area contributed by atoms with Crippen molar-refractivity contribution in [3.63, 3.8) is 0 Å². The van der Waals surface area contributed by atoms with E-state index in [9.17, 15) is 22.3 Å². The Hall–Kier alpha value is -1.05. The van der Waals surface area contributed by atoms with E-state index >= 15 is 0 Å². The van der Waals surface area contributed by atoms with Gasteiger partial charge in [0.2, 0.25) is 0 Å². The summed E-state index contributed by atoms with van der Waals surface area (Å²) in [5.74, 6) is -1.19. The maximum Gasteiger partial charge on any atom is 0.152 e. The summed E-state index contributed by atoms with van der Waals surface area (Å²) in [6.45, 7) is 1.37. The number of hydrogen-bond acceptors (Lipinski definition) is 4. The van der Waals surface area contributed by atoms with Gasteiger partial charge in [0, 0.05) is 25.7 Å². The highest BCUT2D eigenvalue weighted by atomic mass is 32.2. The second kappa shape index (κ2) is 6.15. The van der Waals surface area contributed by atoms with Gasteiger partial charge in [0.05, 0.1) is 17.6 Å². The summed E-state index contributed by atoms with van der Waals surface area (Å²) < 4.78 is 48.6. The third-order valence-corrected chi connectivity index (χ3v) is 5.03. The van der Waals surface area contributed by atoms with Gasteiger partial charge in [-0.1, -0.05) is 0 Å². The lowest BCUT2D eigenvalue weighted by Crippen LogP contribution is -2.40. The van der Waals surface area contributed by atoms with Crippen LogP contribution in [0.25, 0.3) is 0 Å². The first-order valence-electron chi connectivity index (χ1n) is 6.42. The molecule has 0 amide bonds. The molecule has 1 aromatic carbocycles. The second-order valence-electron chi connectivity index (χ2n) is 5.00. The average Bonchev–Trinajstić information content (AvgIpc) is 2.36. The van der Waals surface area contributed by atoms with Gasteiger partial charge >= 0.3 is 0 Å². The zero-order valence-electron chi connectivity index (χ0n) is 10.9. The van der Waals surface area contributed by atoms with Crippen LogP contribution in [0.2, 0.25) is 0 Å². The fourth-order valence-corrected chi connectivity index (χ4v) is 3.49. The number of benzene rings is 1. The third-order valence-electron chi connectivity index (χ3n) is 3.43. The molecule has 1 aliphatic heterocycles. The number of nitrogens with zero attached hydrogens (tertiary/aromatic N) is 1. The molecule has 4 nitrogen and oxygen atoms in total. The van der Waals surface area contributed by atoms with Crippen LogP contribution in [-0.2, 0) is 9.84 Å². The molecule has 0 aliphatic carbocycles. The van der Waals surface area contributed by atoms with Crippen molar-refractivity contribution in [3.8, 4) is 0 Å². The minimum atomic E-state index is -2.92. The lowest BCUT2D eigenvalue weighted by Gasteiger charge is -2.27. The summed E-state index contributed by atoms with van der Waals surface area (Å²) in [5, 5.41) is 9.92. The Labute approximate surface area is 116 Å². The van der Waals surface area contributed by atoms with Crippen LogP contribution >= 0.6 is 0 Å². The topological polar surface area (TPSA) is 57.6 Å². The first-order valence-corrected chi connectivity index (χ1v) is 8.25. The molecule has 20 heavy (non-hydrogen) atoms. The molecule has 112 valence electrons. The second-order valence-corrected chi connectivity index (χ2v) is 7.30. The van der Waals surface area contributed by atoms with Crippen molar-refractivity contribution in [2.75, 3.05) is 31.1 Å². The van der Waals surface area contributed by atoms with Gasteiger partial charge in [0.15, 0.2) is 9.84 Å². The van der Waals surface area contributed by atoms with Crippen LogP contribution in [0.5, 0.6) is 0 Å². The van der Waals surface area contributed by atoms with Crippen molar-refractivity contribution in [2.24, 2.45) is 0 Å². The van der Waals surface area contributed by atoms with Crippen LogP contribution in [0.15, 0.2) is 18.2 Å². The highest BCUT2D eigenvalue weighted by molar-refractivity contribution is 7.91. The Balaban J connectivity index is 1.88. The van der Waals surface area contributed by atoms with Gasteiger partial charge in [-0.05, 0) is 24.1 Å². The van der Waals surface area contributed by atoms with E-state index in [1.165, 1.54) is 0 Å². The van der Waals surface area contributed by atoms with Crippen molar-refractivity contribution in [1.82, 2.24) is 4.90 Å². The van der Waals surface area contributed by atoms with Gasteiger partial charge in [-0.25, -0.2) is 17.2 Å². The fraction of sp³-hybridized carbons (Fsp3) is 0.538. The zero-order chi connectivity index (χ0) is 14.8. The SMILES string of the molecule is O=S1(=O)CCN(CCC(O)c2cc(F)cc(F)c2)CC1. The maximum absolute atomic E-state index is 13.0. The highest BCUT2D eigenvalue weighted by Crippen LogP contribution is 2.20. The largest absolute Gasteiger partial charge is 0.388 e. The van der Waals surface area contributed by atoms with E-state index in [0.717, 1.165) is 18.2 Å². The summed E-state index contributed by atoms with van der Waals surface area (Å²) in [5.41, 5.74) is 0.201. The zero-order valence-corrected chi connectivity index (χ0v) is 11.7. The molecule has 7 heteroatoms. The van der Waals surface area contributed by atoms with Crippen molar-refractivity contribution in [3.05, 3.63) is 35.4 Å². The van der Waals surface area contributed by atoms with Crippen LogP contribution < -0.4 is 0 Å². The molecule has 1 heterocycles. The molecule has 1 unspecified atom stereocenters. The fourth-order valence-electron chi connectivity index (χ4n) is 2.21. The lowest BCUT2D eigenvalue weighted by atomic mass is 10.1. The van der Waals surface area contributed by atoms with Crippen LogP contribution in [0.3, 0.4) is 0 Å². The molecule has 1 N–H and O–H groups in total. The van der Waals surface area contributed by atoms with E-state index in [2.05, 4.69) is 0 Å². The molecule has 0 spiro atoms. The smallest absolute Gasteiger partial charge is 0.152 e. The Morgan fingerprint density at radius 1 is 1.15 bits per heavy atom. The Morgan fingerprint density at radius 3 is 2.25 bits per heavy atom. The van der Waals surface area contributed by atoms with E-state index < -0.39 is 27.6 Å². The van der Waals surface area contributed by atoms with Gasteiger partial charge in [0.25, 0.3) is 0 Å². The van der Waals surface area contributed by atoms with Gasteiger partial charge in [-0.2, -0.15) is 0 Å². The summed E-state index contributed by atoms with van der Waals surface area (Å²) in [4.78, 5) is 1.93. The van der Waals surface area contributed by atoms with E-state index in [1.54, 1.807) is 0 Å². The molecule has 1 atom stereocenters. The van der Waals surface area contributed by atoms with Crippen LogP contribution in [-0.4, -0.2) is 49.6 Å². The molecule has 0 aromatic heterocycles. The molecular formula is C13H17F2NO3S. The van der Waals surface area contributed by atoms with Crippen molar-refractivity contribution >= 4 is 9.84 Å². The monoisotopic (exact) mass is 305 g/mol. The van der Waals surface area contributed by atoms with Crippen LogP contribution in [0.1, 0.15) is 18.1 Å². The van der Waals surface area contributed by atoms with Gasteiger partial charge in [-0.15, -0.1) is 0 Å². The Morgan fingerprint density at radius 2 is 1.70 bits per heavy atom. The van der Waals surface area contributed by atoms with E-state index in [0.29, 0.717) is 26.1 Å². The first kappa shape index (κ1) is 15.3. The quantitative estimate of drug-likeness (QED) is 0.905. The van der Waals surface area contributed by atoms with E-state index in [-0.39, 0.29) is 17.1 Å². The lowest BCUT2D eigenvalue weighted by molar-refractivity contribution is 0.144. The molecule has 1 aromatic rings. The third kappa shape index (κ3) is 4.22. The van der Waals surface area contributed by atoms with E-state index in [4.69, 9.17) is 0 Å². The molecular weight excluding hydrogens is 288 g/mol. The average molecular weight is 305 g/mol. The maximum atomic E-state index is 13.0. The molecule has 0 saturated carbocycles. The first-order chi connectivity index (χ1) is 9.35.